The van der Waals surface area contributed by atoms with Crippen LogP contribution in [0.3, 0.4) is 0 Å². The van der Waals surface area contributed by atoms with Crippen molar-refractivity contribution in [3.63, 3.8) is 0 Å². The van der Waals surface area contributed by atoms with E-state index < -0.39 is 0 Å². The van der Waals surface area contributed by atoms with Crippen LogP contribution in [0, 0.1) is 0 Å². The van der Waals surface area contributed by atoms with Crippen LogP contribution < -0.4 is 0 Å². The molecule has 0 aliphatic carbocycles. The highest BCUT2D eigenvalue weighted by atomic mass is 16.5. The lowest BCUT2D eigenvalue weighted by molar-refractivity contribution is -0.137. The molecule has 0 rings (SSSR count). The molecule has 0 N–H and O–H groups in total. The Morgan fingerprint density at radius 3 is 2.47 bits per heavy atom. The van der Waals surface area contributed by atoms with E-state index in [-0.39, 0.29) is 5.97 Å². The van der Waals surface area contributed by atoms with Gasteiger partial charge in [-0.1, -0.05) is 45.1 Å². The third-order valence-electron chi connectivity index (χ3n) is 2.40. The molecule has 0 bridgehead atoms. The van der Waals surface area contributed by atoms with E-state index >= 15 is 0 Å². The number of carbonyl (C=O) groups excluding carboxylic acids is 1. The Kier molecular flexibility index (Phi) is 12.6. The summed E-state index contributed by atoms with van der Waals surface area (Å²) in [7, 11) is 0. The molecule has 0 aromatic rings. The lowest BCUT2D eigenvalue weighted by Crippen LogP contribution is -2.00. The Morgan fingerprint density at radius 1 is 1.06 bits per heavy atom. The zero-order valence-corrected chi connectivity index (χ0v) is 11.2. The maximum Gasteiger partial charge on any atom is 0.330 e. The summed E-state index contributed by atoms with van der Waals surface area (Å²) in [6.45, 7) is 5.70. The molecule has 0 amide bonds. The summed E-state index contributed by atoms with van der Waals surface area (Å²) in [4.78, 5) is 10.9. The van der Waals surface area contributed by atoms with Crippen LogP contribution in [0.4, 0.5) is 0 Å². The summed E-state index contributed by atoms with van der Waals surface area (Å²) in [5, 5.41) is 0. The molecule has 0 aliphatic heterocycles. The Hall–Kier alpha value is -0.830. The van der Waals surface area contributed by atoms with E-state index in [1.165, 1.54) is 38.2 Å². The molecule has 0 heterocycles. The largest absolute Gasteiger partial charge is 0.463 e. The van der Waals surface area contributed by atoms with E-state index in [9.17, 15) is 4.79 Å². The van der Waals surface area contributed by atoms with Gasteiger partial charge in [0.15, 0.2) is 0 Å². The van der Waals surface area contributed by atoms with Gasteiger partial charge in [-0.05, 0) is 13.3 Å². The zero-order valence-electron chi connectivity index (χ0n) is 11.2. The average molecular weight is 242 g/mol. The first kappa shape index (κ1) is 16.2. The number of hydrogen-bond donors (Lipinski definition) is 0. The van der Waals surface area contributed by atoms with Gasteiger partial charge in [-0.2, -0.15) is 0 Å². The molecule has 0 spiro atoms. The molecule has 0 unspecified atom stereocenters. The summed E-state index contributed by atoms with van der Waals surface area (Å²) < 4.78 is 10.1. The first-order valence-electron chi connectivity index (χ1n) is 6.72. The lowest BCUT2D eigenvalue weighted by atomic mass is 10.1. The fraction of sp³-hybridized carbons (Fsp3) is 0.786. The molecule has 0 radical (unpaired) electrons. The van der Waals surface area contributed by atoms with Gasteiger partial charge in [-0.15, -0.1) is 0 Å². The molecule has 0 aromatic heterocycles. The summed E-state index contributed by atoms with van der Waals surface area (Å²) in [5.41, 5.74) is 0. The van der Waals surface area contributed by atoms with Crippen LogP contribution in [-0.4, -0.2) is 25.8 Å². The predicted molar refractivity (Wildman–Crippen MR) is 70.0 cm³/mol. The normalized spacial score (nSPS) is 10.9. The van der Waals surface area contributed by atoms with Crippen LogP contribution in [0.25, 0.3) is 0 Å². The highest BCUT2D eigenvalue weighted by Gasteiger charge is 1.93. The number of unbranched alkanes of at least 4 members (excludes halogenated alkanes) is 5. The van der Waals surface area contributed by atoms with Crippen molar-refractivity contribution in [2.24, 2.45) is 0 Å². The average Bonchev–Trinajstić information content (AvgIpc) is 2.32. The van der Waals surface area contributed by atoms with Crippen LogP contribution in [0.5, 0.6) is 0 Å². The fourth-order valence-electron chi connectivity index (χ4n) is 1.47. The standard InChI is InChI=1S/C14H26O3/c1-3-5-6-7-8-9-12-16-13-10-11-14(15)17-4-2/h10-11H,3-9,12-13H2,1-2H3/b11-10+. The fourth-order valence-corrected chi connectivity index (χ4v) is 1.47. The van der Waals surface area contributed by atoms with Crippen molar-refractivity contribution in [1.29, 1.82) is 0 Å². The Labute approximate surface area is 105 Å². The summed E-state index contributed by atoms with van der Waals surface area (Å²) in [6, 6.07) is 0. The molecule has 17 heavy (non-hydrogen) atoms. The van der Waals surface area contributed by atoms with Crippen LogP contribution in [0.2, 0.25) is 0 Å². The minimum Gasteiger partial charge on any atom is -0.463 e. The summed E-state index contributed by atoms with van der Waals surface area (Å²) in [6.07, 6.45) is 10.7. The molecule has 0 aliphatic rings. The van der Waals surface area contributed by atoms with Gasteiger partial charge in [-0.25, -0.2) is 4.79 Å². The van der Waals surface area contributed by atoms with Crippen molar-refractivity contribution in [3.05, 3.63) is 12.2 Å². The van der Waals surface area contributed by atoms with Gasteiger partial charge in [0, 0.05) is 12.7 Å². The van der Waals surface area contributed by atoms with Gasteiger partial charge in [-0.3, -0.25) is 0 Å². The Balaban J connectivity index is 3.15. The van der Waals surface area contributed by atoms with Crippen molar-refractivity contribution in [3.8, 4) is 0 Å². The van der Waals surface area contributed by atoms with Gasteiger partial charge < -0.3 is 9.47 Å². The highest BCUT2D eigenvalue weighted by Crippen LogP contribution is 2.04. The number of hydrogen-bond acceptors (Lipinski definition) is 3. The van der Waals surface area contributed by atoms with Gasteiger partial charge in [0.05, 0.1) is 13.2 Å². The lowest BCUT2D eigenvalue weighted by Gasteiger charge is -2.01. The first-order valence-corrected chi connectivity index (χ1v) is 6.72. The van der Waals surface area contributed by atoms with E-state index in [1.807, 2.05) is 0 Å². The highest BCUT2D eigenvalue weighted by molar-refractivity contribution is 5.81. The smallest absolute Gasteiger partial charge is 0.330 e. The minimum absolute atomic E-state index is 0.296. The molecule has 0 saturated carbocycles. The van der Waals surface area contributed by atoms with Crippen LogP contribution in [0.1, 0.15) is 52.4 Å². The molecule has 0 aromatic carbocycles. The molecular formula is C14H26O3. The van der Waals surface area contributed by atoms with Gasteiger partial charge in [0.25, 0.3) is 0 Å². The van der Waals surface area contributed by atoms with E-state index in [0.717, 1.165) is 13.0 Å². The monoisotopic (exact) mass is 242 g/mol. The molecule has 0 saturated heterocycles. The van der Waals surface area contributed by atoms with Crippen LogP contribution >= 0.6 is 0 Å². The maximum atomic E-state index is 10.9. The van der Waals surface area contributed by atoms with E-state index in [2.05, 4.69) is 6.92 Å². The number of rotatable bonds is 11. The quantitative estimate of drug-likeness (QED) is 0.316. The molecular weight excluding hydrogens is 216 g/mol. The second-order valence-corrected chi connectivity index (χ2v) is 4.00. The molecule has 3 nitrogen and oxygen atoms in total. The SMILES string of the molecule is CCCCCCCCOC/C=C/C(=O)OCC. The van der Waals surface area contributed by atoms with Crippen molar-refractivity contribution in [1.82, 2.24) is 0 Å². The minimum atomic E-state index is -0.296. The summed E-state index contributed by atoms with van der Waals surface area (Å²) in [5.74, 6) is -0.296. The third kappa shape index (κ3) is 13.1. The molecule has 0 atom stereocenters. The van der Waals surface area contributed by atoms with E-state index in [1.54, 1.807) is 13.0 Å². The van der Waals surface area contributed by atoms with Crippen LogP contribution in [-0.2, 0) is 14.3 Å². The van der Waals surface area contributed by atoms with Crippen molar-refractivity contribution in [2.75, 3.05) is 19.8 Å². The van der Waals surface area contributed by atoms with Gasteiger partial charge in [0.1, 0.15) is 0 Å². The first-order chi connectivity index (χ1) is 8.31. The second-order valence-electron chi connectivity index (χ2n) is 4.00. The molecule has 100 valence electrons. The number of ether oxygens (including phenoxy) is 2. The zero-order chi connectivity index (χ0) is 12.8. The van der Waals surface area contributed by atoms with Crippen molar-refractivity contribution < 1.29 is 14.3 Å². The second kappa shape index (κ2) is 13.2. The summed E-state index contributed by atoms with van der Waals surface area (Å²) >= 11 is 0. The third-order valence-corrected chi connectivity index (χ3v) is 2.40. The molecule has 0 fully saturated rings. The number of esters is 1. The van der Waals surface area contributed by atoms with E-state index in [4.69, 9.17) is 9.47 Å². The molecule has 3 heteroatoms. The van der Waals surface area contributed by atoms with E-state index in [0.29, 0.717) is 13.2 Å². The van der Waals surface area contributed by atoms with Crippen LogP contribution in [0.15, 0.2) is 12.2 Å². The van der Waals surface area contributed by atoms with Crippen molar-refractivity contribution >= 4 is 5.97 Å². The van der Waals surface area contributed by atoms with Gasteiger partial charge in [0.2, 0.25) is 0 Å². The maximum absolute atomic E-state index is 10.9. The number of carbonyl (C=O) groups is 1. The topological polar surface area (TPSA) is 35.5 Å². The predicted octanol–water partition coefficient (Wildman–Crippen LogP) is 3.48. The Morgan fingerprint density at radius 2 is 1.76 bits per heavy atom. The van der Waals surface area contributed by atoms with Crippen molar-refractivity contribution in [2.45, 2.75) is 52.4 Å². The van der Waals surface area contributed by atoms with Gasteiger partial charge >= 0.3 is 5.97 Å². The Bertz CT molecular complexity index is 200.